The van der Waals surface area contributed by atoms with E-state index in [0.717, 1.165) is 13.0 Å². The van der Waals surface area contributed by atoms with Gasteiger partial charge in [-0.05, 0) is 20.5 Å². The monoisotopic (exact) mass is 273 g/mol. The summed E-state index contributed by atoms with van der Waals surface area (Å²) in [6.07, 6.45) is 11.7. The number of hydrogen-bond donors (Lipinski definition) is 1. The highest BCUT2D eigenvalue weighted by atomic mass is 16.5. The number of aliphatic hydroxyl groups is 1. The molecule has 0 spiro atoms. The summed E-state index contributed by atoms with van der Waals surface area (Å²) in [7, 11) is 3.92. The largest absolute Gasteiger partial charge is 0.389 e. The molecule has 0 radical (unpaired) electrons. The first-order chi connectivity index (χ1) is 9.16. The summed E-state index contributed by atoms with van der Waals surface area (Å²) in [6.45, 7) is 4.20. The van der Waals surface area contributed by atoms with Gasteiger partial charge in [0, 0.05) is 13.2 Å². The lowest BCUT2D eigenvalue weighted by Gasteiger charge is -2.15. The van der Waals surface area contributed by atoms with E-state index < -0.39 is 0 Å². The van der Waals surface area contributed by atoms with Crippen molar-refractivity contribution in [1.82, 2.24) is 4.90 Å². The van der Waals surface area contributed by atoms with Crippen LogP contribution in [0.25, 0.3) is 0 Å². The molecule has 0 aliphatic heterocycles. The lowest BCUT2D eigenvalue weighted by Crippen LogP contribution is -2.29. The summed E-state index contributed by atoms with van der Waals surface area (Å²) < 4.78 is 5.48. The fraction of sp³-hybridized carbons (Fsp3) is 1.00. The molecule has 3 nitrogen and oxygen atoms in total. The van der Waals surface area contributed by atoms with Gasteiger partial charge in [-0.25, -0.2) is 0 Å². The normalized spacial score (nSPS) is 13.1. The second kappa shape index (κ2) is 14.3. The van der Waals surface area contributed by atoms with Crippen LogP contribution in [0.15, 0.2) is 0 Å². The van der Waals surface area contributed by atoms with Crippen molar-refractivity contribution >= 4 is 0 Å². The summed E-state index contributed by atoms with van der Waals surface area (Å²) in [6, 6.07) is 0. The molecule has 0 heterocycles. The Kier molecular flexibility index (Phi) is 14.2. The molecule has 0 bridgehead atoms. The van der Waals surface area contributed by atoms with Gasteiger partial charge in [0.1, 0.15) is 0 Å². The van der Waals surface area contributed by atoms with Crippen molar-refractivity contribution in [1.29, 1.82) is 0 Å². The zero-order valence-electron chi connectivity index (χ0n) is 13.4. The Morgan fingerprint density at radius 1 is 0.895 bits per heavy atom. The Morgan fingerprint density at radius 3 is 1.95 bits per heavy atom. The highest BCUT2D eigenvalue weighted by Gasteiger charge is 2.04. The minimum Gasteiger partial charge on any atom is -0.389 e. The SMILES string of the molecule is CCCCCCCCCCCOCC(O)CN(C)C. The Bertz CT molecular complexity index is 174. The highest BCUT2D eigenvalue weighted by molar-refractivity contribution is 4.56. The van der Waals surface area contributed by atoms with E-state index in [2.05, 4.69) is 6.92 Å². The fourth-order valence-electron chi connectivity index (χ4n) is 2.21. The molecule has 19 heavy (non-hydrogen) atoms. The maximum absolute atomic E-state index is 9.60. The van der Waals surface area contributed by atoms with Crippen LogP contribution in [0.2, 0.25) is 0 Å². The Hall–Kier alpha value is -0.120. The second-order valence-electron chi connectivity index (χ2n) is 5.82. The number of unbranched alkanes of at least 4 members (excludes halogenated alkanes) is 8. The van der Waals surface area contributed by atoms with Gasteiger partial charge in [-0.3, -0.25) is 0 Å². The maximum atomic E-state index is 9.60. The van der Waals surface area contributed by atoms with Gasteiger partial charge in [-0.15, -0.1) is 0 Å². The van der Waals surface area contributed by atoms with Crippen LogP contribution >= 0.6 is 0 Å². The van der Waals surface area contributed by atoms with Gasteiger partial charge in [0.05, 0.1) is 12.7 Å². The van der Waals surface area contributed by atoms with Crippen LogP contribution in [0, 0.1) is 0 Å². The van der Waals surface area contributed by atoms with Gasteiger partial charge in [-0.2, -0.15) is 0 Å². The van der Waals surface area contributed by atoms with Crippen LogP contribution < -0.4 is 0 Å². The van der Waals surface area contributed by atoms with Crippen molar-refractivity contribution in [2.75, 3.05) is 33.9 Å². The van der Waals surface area contributed by atoms with Gasteiger partial charge in [0.2, 0.25) is 0 Å². The predicted molar refractivity (Wildman–Crippen MR) is 82.6 cm³/mol. The molecule has 0 saturated carbocycles. The molecule has 0 aliphatic carbocycles. The minimum atomic E-state index is -0.353. The molecule has 0 aromatic heterocycles. The highest BCUT2D eigenvalue weighted by Crippen LogP contribution is 2.09. The summed E-state index contributed by atoms with van der Waals surface area (Å²) in [5.74, 6) is 0. The molecule has 0 amide bonds. The van der Waals surface area contributed by atoms with Gasteiger partial charge in [0.25, 0.3) is 0 Å². The topological polar surface area (TPSA) is 32.7 Å². The van der Waals surface area contributed by atoms with Crippen LogP contribution in [0.4, 0.5) is 0 Å². The third kappa shape index (κ3) is 15.8. The Morgan fingerprint density at radius 2 is 1.42 bits per heavy atom. The van der Waals surface area contributed by atoms with E-state index in [1.807, 2.05) is 19.0 Å². The van der Waals surface area contributed by atoms with E-state index >= 15 is 0 Å². The van der Waals surface area contributed by atoms with Crippen molar-refractivity contribution in [3.8, 4) is 0 Å². The Balaban J connectivity index is 3.06. The zero-order valence-corrected chi connectivity index (χ0v) is 13.4. The van der Waals surface area contributed by atoms with Gasteiger partial charge in [-0.1, -0.05) is 58.3 Å². The number of aliphatic hydroxyl groups excluding tert-OH is 1. The molecule has 0 aromatic rings. The molecule has 1 N–H and O–H groups in total. The average Bonchev–Trinajstić information content (AvgIpc) is 2.35. The van der Waals surface area contributed by atoms with Crippen LogP contribution in [0.5, 0.6) is 0 Å². The molecule has 0 aliphatic rings. The molecular formula is C16H35NO2. The van der Waals surface area contributed by atoms with Crippen molar-refractivity contribution < 1.29 is 9.84 Å². The number of nitrogens with zero attached hydrogens (tertiary/aromatic N) is 1. The molecule has 1 unspecified atom stereocenters. The summed E-state index contributed by atoms with van der Waals surface area (Å²) in [5, 5.41) is 9.60. The molecule has 116 valence electrons. The zero-order chi connectivity index (χ0) is 14.3. The van der Waals surface area contributed by atoms with E-state index in [1.165, 1.54) is 51.4 Å². The molecule has 0 rings (SSSR count). The van der Waals surface area contributed by atoms with Crippen molar-refractivity contribution in [2.45, 2.75) is 70.8 Å². The van der Waals surface area contributed by atoms with Gasteiger partial charge in [0.15, 0.2) is 0 Å². The predicted octanol–water partition coefficient (Wildman–Crippen LogP) is 3.46. The summed E-state index contributed by atoms with van der Waals surface area (Å²) in [5.41, 5.74) is 0. The third-order valence-corrected chi connectivity index (χ3v) is 3.28. The van der Waals surface area contributed by atoms with Crippen LogP contribution in [0.1, 0.15) is 64.7 Å². The van der Waals surface area contributed by atoms with Crippen LogP contribution in [-0.4, -0.2) is 50.0 Å². The van der Waals surface area contributed by atoms with E-state index in [4.69, 9.17) is 4.74 Å². The number of rotatable bonds is 14. The first-order valence-electron chi connectivity index (χ1n) is 8.07. The first kappa shape index (κ1) is 18.9. The van der Waals surface area contributed by atoms with Gasteiger partial charge < -0.3 is 14.7 Å². The van der Waals surface area contributed by atoms with Crippen molar-refractivity contribution in [3.63, 3.8) is 0 Å². The molecule has 3 heteroatoms. The lowest BCUT2D eigenvalue weighted by atomic mass is 10.1. The van der Waals surface area contributed by atoms with Crippen LogP contribution in [-0.2, 0) is 4.74 Å². The first-order valence-corrected chi connectivity index (χ1v) is 8.07. The van der Waals surface area contributed by atoms with E-state index in [1.54, 1.807) is 0 Å². The number of likely N-dealkylation sites (N-methyl/N-ethyl adjacent to an activating group) is 1. The number of hydrogen-bond acceptors (Lipinski definition) is 3. The smallest absolute Gasteiger partial charge is 0.0899 e. The summed E-state index contributed by atoms with van der Waals surface area (Å²) >= 11 is 0. The Labute approximate surface area is 120 Å². The lowest BCUT2D eigenvalue weighted by molar-refractivity contribution is 0.0229. The molecule has 1 atom stereocenters. The molecule has 0 saturated heterocycles. The van der Waals surface area contributed by atoms with Crippen LogP contribution in [0.3, 0.4) is 0 Å². The van der Waals surface area contributed by atoms with E-state index in [-0.39, 0.29) is 6.10 Å². The third-order valence-electron chi connectivity index (χ3n) is 3.28. The van der Waals surface area contributed by atoms with Crippen molar-refractivity contribution in [2.24, 2.45) is 0 Å². The standard InChI is InChI=1S/C16H35NO2/c1-4-5-6-7-8-9-10-11-12-13-19-15-16(18)14-17(2)3/h16,18H,4-15H2,1-3H3. The summed E-state index contributed by atoms with van der Waals surface area (Å²) in [4.78, 5) is 1.98. The van der Waals surface area contributed by atoms with Crippen molar-refractivity contribution in [3.05, 3.63) is 0 Å². The molecular weight excluding hydrogens is 238 g/mol. The van der Waals surface area contributed by atoms with Gasteiger partial charge >= 0.3 is 0 Å². The molecule has 0 aromatic carbocycles. The van der Waals surface area contributed by atoms with E-state index in [0.29, 0.717) is 13.2 Å². The number of ether oxygens (including phenoxy) is 1. The quantitative estimate of drug-likeness (QED) is 0.492. The van der Waals surface area contributed by atoms with E-state index in [9.17, 15) is 5.11 Å². The maximum Gasteiger partial charge on any atom is 0.0899 e. The average molecular weight is 273 g/mol. The molecule has 0 fully saturated rings. The minimum absolute atomic E-state index is 0.353. The second-order valence-corrected chi connectivity index (χ2v) is 5.82. The fourth-order valence-corrected chi connectivity index (χ4v) is 2.21.